The third kappa shape index (κ3) is 2.48. The van der Waals surface area contributed by atoms with Gasteiger partial charge in [0.25, 0.3) is 0 Å². The second-order valence-corrected chi connectivity index (χ2v) is 2.20. The summed E-state index contributed by atoms with van der Waals surface area (Å²) in [6.07, 6.45) is 0. The van der Waals surface area contributed by atoms with E-state index in [-0.39, 0.29) is 5.56 Å². The first-order valence-electron chi connectivity index (χ1n) is 3.34. The highest BCUT2D eigenvalue weighted by molar-refractivity contribution is 5.88. The van der Waals surface area contributed by atoms with E-state index in [1.807, 2.05) is 0 Å². The normalized spacial score (nSPS) is 9.77. The van der Waals surface area contributed by atoms with Crippen LogP contribution >= 0.6 is 0 Å². The van der Waals surface area contributed by atoms with Crippen molar-refractivity contribution in [3.8, 4) is 0 Å². The second-order valence-electron chi connectivity index (χ2n) is 2.20. The van der Waals surface area contributed by atoms with Crippen LogP contribution in [-0.4, -0.2) is 13.1 Å². The molecule has 0 aliphatic heterocycles. The van der Waals surface area contributed by atoms with Gasteiger partial charge in [-0.3, -0.25) is 4.89 Å². The minimum atomic E-state index is -0.944. The molecule has 13 heavy (non-hydrogen) atoms. The van der Waals surface area contributed by atoms with Crippen LogP contribution in [0.5, 0.6) is 0 Å². The largest absolute Gasteiger partial charge is 0.373 e. The van der Waals surface area contributed by atoms with Gasteiger partial charge in [-0.2, -0.15) is 4.89 Å². The summed E-state index contributed by atoms with van der Waals surface area (Å²) in [7, 11) is 1.12. The van der Waals surface area contributed by atoms with Gasteiger partial charge >= 0.3 is 5.97 Å². The van der Waals surface area contributed by atoms with Gasteiger partial charge in [0.1, 0.15) is 11.6 Å². The van der Waals surface area contributed by atoms with Crippen LogP contribution in [0.15, 0.2) is 18.2 Å². The molecule has 1 rings (SSSR count). The molecule has 0 saturated heterocycles. The Kier molecular flexibility index (Phi) is 2.92. The lowest BCUT2D eigenvalue weighted by Crippen LogP contribution is -2.04. The zero-order valence-electron chi connectivity index (χ0n) is 6.71. The van der Waals surface area contributed by atoms with Crippen LogP contribution in [0, 0.1) is 11.6 Å². The van der Waals surface area contributed by atoms with Crippen molar-refractivity contribution in [1.29, 1.82) is 0 Å². The summed E-state index contributed by atoms with van der Waals surface area (Å²) in [4.78, 5) is 19.0. The lowest BCUT2D eigenvalue weighted by molar-refractivity contribution is -0.216. The Balaban J connectivity index is 2.94. The molecule has 0 amide bonds. The molecule has 0 N–H and O–H groups in total. The fourth-order valence-electron chi connectivity index (χ4n) is 0.795. The third-order valence-corrected chi connectivity index (χ3v) is 1.26. The summed E-state index contributed by atoms with van der Waals surface area (Å²) in [6.45, 7) is 0. The predicted molar refractivity (Wildman–Crippen MR) is 38.8 cm³/mol. The Hall–Kier alpha value is -1.49. The number of carbonyl (C=O) groups excluding carboxylic acids is 1. The van der Waals surface area contributed by atoms with Crippen molar-refractivity contribution in [2.75, 3.05) is 7.11 Å². The summed E-state index contributed by atoms with van der Waals surface area (Å²) in [5.41, 5.74) is -0.237. The Morgan fingerprint density at radius 3 is 2.23 bits per heavy atom. The van der Waals surface area contributed by atoms with E-state index in [0.717, 1.165) is 19.2 Å². The van der Waals surface area contributed by atoms with Gasteiger partial charge in [0.15, 0.2) is 0 Å². The molecule has 1 aromatic carbocycles. The molecular weight excluding hydrogens is 182 g/mol. The van der Waals surface area contributed by atoms with Crippen molar-refractivity contribution in [2.45, 2.75) is 0 Å². The van der Waals surface area contributed by atoms with Crippen molar-refractivity contribution in [3.63, 3.8) is 0 Å². The molecule has 0 radical (unpaired) electrons. The van der Waals surface area contributed by atoms with Gasteiger partial charge in [-0.1, -0.05) is 0 Å². The topological polar surface area (TPSA) is 35.5 Å². The first-order chi connectivity index (χ1) is 6.13. The minimum Gasteiger partial charge on any atom is -0.293 e. The molecule has 0 unspecified atom stereocenters. The standard InChI is InChI=1S/C8H6F2O3/c1-12-13-8(11)5-2-6(9)4-7(10)3-5/h2-4H,1H3. The van der Waals surface area contributed by atoms with Crippen LogP contribution in [-0.2, 0) is 9.78 Å². The maximum Gasteiger partial charge on any atom is 0.373 e. The Morgan fingerprint density at radius 2 is 1.77 bits per heavy atom. The van der Waals surface area contributed by atoms with E-state index in [1.165, 1.54) is 0 Å². The van der Waals surface area contributed by atoms with Crippen LogP contribution in [0.2, 0.25) is 0 Å². The minimum absolute atomic E-state index is 0.237. The van der Waals surface area contributed by atoms with Crippen molar-refractivity contribution in [1.82, 2.24) is 0 Å². The lowest BCUT2D eigenvalue weighted by Gasteiger charge is -1.99. The molecule has 0 saturated carbocycles. The van der Waals surface area contributed by atoms with E-state index in [1.54, 1.807) is 0 Å². The van der Waals surface area contributed by atoms with E-state index in [9.17, 15) is 13.6 Å². The van der Waals surface area contributed by atoms with Gasteiger partial charge < -0.3 is 0 Å². The van der Waals surface area contributed by atoms with Crippen molar-refractivity contribution in [2.24, 2.45) is 0 Å². The summed E-state index contributed by atoms with van der Waals surface area (Å²) in [5, 5.41) is 0. The van der Waals surface area contributed by atoms with Gasteiger partial charge in [-0.05, 0) is 12.1 Å². The monoisotopic (exact) mass is 188 g/mol. The fraction of sp³-hybridized carbons (Fsp3) is 0.125. The van der Waals surface area contributed by atoms with Crippen LogP contribution in [0.4, 0.5) is 8.78 Å². The first kappa shape index (κ1) is 9.60. The molecule has 0 aromatic heterocycles. The molecule has 70 valence electrons. The highest BCUT2D eigenvalue weighted by Gasteiger charge is 2.10. The number of rotatable bonds is 2. The molecular formula is C8H6F2O3. The van der Waals surface area contributed by atoms with E-state index in [0.29, 0.717) is 6.07 Å². The van der Waals surface area contributed by atoms with Crippen LogP contribution < -0.4 is 0 Å². The van der Waals surface area contributed by atoms with E-state index in [4.69, 9.17) is 0 Å². The van der Waals surface area contributed by atoms with Gasteiger partial charge in [-0.25, -0.2) is 13.6 Å². The molecule has 0 heterocycles. The molecule has 0 spiro atoms. The summed E-state index contributed by atoms with van der Waals surface area (Å²) in [5.74, 6) is -2.63. The molecule has 0 atom stereocenters. The maximum absolute atomic E-state index is 12.5. The first-order valence-corrected chi connectivity index (χ1v) is 3.34. The van der Waals surface area contributed by atoms with Crippen molar-refractivity contribution in [3.05, 3.63) is 35.4 Å². The van der Waals surface area contributed by atoms with Crippen molar-refractivity contribution >= 4 is 5.97 Å². The maximum atomic E-state index is 12.5. The van der Waals surface area contributed by atoms with Gasteiger partial charge in [0.05, 0.1) is 12.7 Å². The van der Waals surface area contributed by atoms with Gasteiger partial charge in [0, 0.05) is 6.07 Å². The summed E-state index contributed by atoms with van der Waals surface area (Å²) >= 11 is 0. The Bertz CT molecular complexity index is 305. The van der Waals surface area contributed by atoms with E-state index >= 15 is 0 Å². The van der Waals surface area contributed by atoms with E-state index < -0.39 is 17.6 Å². The molecule has 0 bridgehead atoms. The number of benzene rings is 1. The third-order valence-electron chi connectivity index (χ3n) is 1.26. The number of halogens is 2. The number of hydrogen-bond donors (Lipinski definition) is 0. The lowest BCUT2D eigenvalue weighted by atomic mass is 10.2. The number of hydrogen-bond acceptors (Lipinski definition) is 3. The fourth-order valence-corrected chi connectivity index (χ4v) is 0.795. The predicted octanol–water partition coefficient (Wildman–Crippen LogP) is 1.68. The molecule has 0 aliphatic rings. The molecule has 1 aromatic rings. The zero-order chi connectivity index (χ0) is 9.84. The molecule has 3 nitrogen and oxygen atoms in total. The highest BCUT2D eigenvalue weighted by atomic mass is 19.1. The summed E-state index contributed by atoms with van der Waals surface area (Å²) < 4.78 is 25.1. The van der Waals surface area contributed by atoms with Crippen molar-refractivity contribution < 1.29 is 23.4 Å². The zero-order valence-corrected chi connectivity index (χ0v) is 6.71. The Morgan fingerprint density at radius 1 is 1.23 bits per heavy atom. The van der Waals surface area contributed by atoms with Crippen LogP contribution in [0.25, 0.3) is 0 Å². The SMILES string of the molecule is COOC(=O)c1cc(F)cc(F)c1. The second kappa shape index (κ2) is 3.95. The average molecular weight is 188 g/mol. The molecule has 5 heteroatoms. The van der Waals surface area contributed by atoms with E-state index in [2.05, 4.69) is 9.78 Å². The Labute approximate surface area is 72.8 Å². The quantitative estimate of drug-likeness (QED) is 0.523. The summed E-state index contributed by atoms with van der Waals surface area (Å²) in [6, 6.07) is 2.36. The average Bonchev–Trinajstić information content (AvgIpc) is 2.03. The number of carbonyl (C=O) groups is 1. The molecule has 0 aliphatic carbocycles. The van der Waals surface area contributed by atoms with Crippen LogP contribution in [0.1, 0.15) is 10.4 Å². The highest BCUT2D eigenvalue weighted by Crippen LogP contribution is 2.08. The van der Waals surface area contributed by atoms with Gasteiger partial charge in [0.2, 0.25) is 0 Å². The molecule has 0 fully saturated rings. The smallest absolute Gasteiger partial charge is 0.293 e. The van der Waals surface area contributed by atoms with Crippen LogP contribution in [0.3, 0.4) is 0 Å². The van der Waals surface area contributed by atoms with Gasteiger partial charge in [-0.15, -0.1) is 0 Å².